The zero-order chi connectivity index (χ0) is 31.5. The molecule has 0 unspecified atom stereocenters. The SMILES string of the molecule is CCCC1=C(C(=O)OCC)[C@@H](c2cc(Cl)ccc2OC)n2c(s/c(=C\c3ccc(-c4cc(Cl)ccc4C(=O)OC)o3)c2=O)=N1. The van der Waals surface area contributed by atoms with Crippen molar-refractivity contribution in [3.05, 3.63) is 106 Å². The third-order valence-corrected chi connectivity index (χ3v) is 8.38. The number of rotatable bonds is 9. The first-order valence-electron chi connectivity index (χ1n) is 13.7. The maximum Gasteiger partial charge on any atom is 0.338 e. The number of halogens is 2. The van der Waals surface area contributed by atoms with E-state index in [0.717, 1.165) is 11.3 Å². The zero-order valence-electron chi connectivity index (χ0n) is 24.3. The molecule has 0 fully saturated rings. The summed E-state index contributed by atoms with van der Waals surface area (Å²) >= 11 is 13.8. The molecule has 2 aromatic heterocycles. The molecule has 0 spiro atoms. The molecular formula is C32H28Cl2N2O7S. The molecule has 1 aliphatic heterocycles. The van der Waals surface area contributed by atoms with Crippen LogP contribution in [-0.4, -0.2) is 37.3 Å². The molecule has 3 heterocycles. The standard InChI is InChI=1S/C32H28Cl2N2O7S/c1-5-7-23-27(31(39)42-6-2)28(22-15-18(34)9-12-24(22)40-3)36-29(37)26(44-32(36)35-23)16-19-10-13-25(43-19)21-14-17(33)8-11-20(21)30(38)41-4/h8-16,28H,5-7H2,1-4H3/b26-16-/t28-/m1/s1. The van der Waals surface area contributed by atoms with Gasteiger partial charge in [0.1, 0.15) is 23.3 Å². The molecule has 44 heavy (non-hydrogen) atoms. The highest BCUT2D eigenvalue weighted by molar-refractivity contribution is 7.07. The molecule has 0 bridgehead atoms. The molecule has 1 aliphatic rings. The van der Waals surface area contributed by atoms with Gasteiger partial charge in [0.15, 0.2) is 4.80 Å². The number of thiazole rings is 1. The molecule has 4 aromatic rings. The number of carbonyl (C=O) groups excluding carboxylic acids is 2. The summed E-state index contributed by atoms with van der Waals surface area (Å²) in [5.74, 6) is 0.0611. The summed E-state index contributed by atoms with van der Waals surface area (Å²) in [6.45, 7) is 3.85. The van der Waals surface area contributed by atoms with E-state index < -0.39 is 23.5 Å². The number of benzene rings is 2. The Morgan fingerprint density at radius 2 is 1.80 bits per heavy atom. The van der Waals surface area contributed by atoms with Crippen LogP contribution in [0.3, 0.4) is 0 Å². The maximum atomic E-state index is 14.1. The number of aromatic nitrogens is 1. The second-order valence-electron chi connectivity index (χ2n) is 9.68. The van der Waals surface area contributed by atoms with Crippen molar-refractivity contribution in [1.82, 2.24) is 4.57 Å². The molecule has 228 valence electrons. The average molecular weight is 656 g/mol. The van der Waals surface area contributed by atoms with E-state index in [1.54, 1.807) is 61.5 Å². The van der Waals surface area contributed by atoms with Crippen molar-refractivity contribution in [3.8, 4) is 17.1 Å². The normalized spacial score (nSPS) is 14.7. The summed E-state index contributed by atoms with van der Waals surface area (Å²) < 4.78 is 23.8. The number of fused-ring (bicyclic) bond motifs is 1. The van der Waals surface area contributed by atoms with Crippen molar-refractivity contribution >= 4 is 52.6 Å². The molecule has 0 radical (unpaired) electrons. The number of esters is 2. The first-order valence-corrected chi connectivity index (χ1v) is 15.3. The molecular weight excluding hydrogens is 627 g/mol. The predicted octanol–water partition coefficient (Wildman–Crippen LogP) is 5.94. The minimum Gasteiger partial charge on any atom is -0.496 e. The third kappa shape index (κ3) is 5.97. The maximum absolute atomic E-state index is 14.1. The van der Waals surface area contributed by atoms with Gasteiger partial charge in [-0.3, -0.25) is 9.36 Å². The Balaban J connectivity index is 1.70. The van der Waals surface area contributed by atoms with Crippen molar-refractivity contribution < 1.29 is 28.2 Å². The molecule has 1 atom stereocenters. The summed E-state index contributed by atoms with van der Waals surface area (Å²) in [5, 5.41) is 0.825. The minimum atomic E-state index is -0.899. The van der Waals surface area contributed by atoms with Gasteiger partial charge in [-0.2, -0.15) is 0 Å². The monoisotopic (exact) mass is 654 g/mol. The third-order valence-electron chi connectivity index (χ3n) is 6.93. The number of hydrogen-bond donors (Lipinski definition) is 0. The summed E-state index contributed by atoms with van der Waals surface area (Å²) in [6.07, 6.45) is 2.79. The van der Waals surface area contributed by atoms with Gasteiger partial charge in [0.05, 0.1) is 42.2 Å². The molecule has 2 aromatic carbocycles. The zero-order valence-corrected chi connectivity index (χ0v) is 26.6. The van der Waals surface area contributed by atoms with Crippen LogP contribution >= 0.6 is 34.5 Å². The molecule has 0 saturated carbocycles. The highest BCUT2D eigenvalue weighted by Crippen LogP contribution is 2.38. The smallest absolute Gasteiger partial charge is 0.338 e. The fraction of sp³-hybridized carbons (Fsp3) is 0.250. The van der Waals surface area contributed by atoms with E-state index in [1.165, 1.54) is 18.8 Å². The van der Waals surface area contributed by atoms with Crippen LogP contribution in [0.4, 0.5) is 0 Å². The van der Waals surface area contributed by atoms with E-state index in [1.807, 2.05) is 6.92 Å². The Kier molecular flexibility index (Phi) is 9.43. The van der Waals surface area contributed by atoms with Crippen LogP contribution in [0.15, 0.2) is 74.0 Å². The van der Waals surface area contributed by atoms with Gasteiger partial charge in [-0.05, 0) is 61.9 Å². The number of methoxy groups -OCH3 is 2. The Bertz CT molecular complexity index is 1970. The molecule has 9 nitrogen and oxygen atoms in total. The van der Waals surface area contributed by atoms with Gasteiger partial charge in [-0.1, -0.05) is 47.9 Å². The van der Waals surface area contributed by atoms with Gasteiger partial charge >= 0.3 is 11.9 Å². The number of nitrogens with zero attached hydrogens (tertiary/aromatic N) is 2. The van der Waals surface area contributed by atoms with E-state index in [2.05, 4.69) is 0 Å². The van der Waals surface area contributed by atoms with Crippen LogP contribution in [0.1, 0.15) is 54.4 Å². The predicted molar refractivity (Wildman–Crippen MR) is 168 cm³/mol. The van der Waals surface area contributed by atoms with Gasteiger partial charge < -0.3 is 18.6 Å². The number of carbonyl (C=O) groups is 2. The van der Waals surface area contributed by atoms with E-state index in [9.17, 15) is 14.4 Å². The van der Waals surface area contributed by atoms with E-state index in [-0.39, 0.29) is 17.7 Å². The van der Waals surface area contributed by atoms with Crippen LogP contribution in [0, 0.1) is 0 Å². The second-order valence-corrected chi connectivity index (χ2v) is 11.6. The lowest BCUT2D eigenvalue weighted by molar-refractivity contribution is -0.139. The molecule has 0 amide bonds. The van der Waals surface area contributed by atoms with E-state index in [0.29, 0.717) is 66.3 Å². The van der Waals surface area contributed by atoms with Gasteiger partial charge in [0, 0.05) is 27.2 Å². The quantitative estimate of drug-likeness (QED) is 0.205. The van der Waals surface area contributed by atoms with Gasteiger partial charge in [0.2, 0.25) is 0 Å². The summed E-state index contributed by atoms with van der Waals surface area (Å²) in [7, 11) is 2.80. The highest BCUT2D eigenvalue weighted by Gasteiger charge is 2.36. The summed E-state index contributed by atoms with van der Waals surface area (Å²) in [6, 6.07) is 12.3. The fourth-order valence-electron chi connectivity index (χ4n) is 5.05. The van der Waals surface area contributed by atoms with Crippen molar-refractivity contribution in [1.29, 1.82) is 0 Å². The largest absolute Gasteiger partial charge is 0.496 e. The van der Waals surface area contributed by atoms with Gasteiger partial charge in [-0.15, -0.1) is 0 Å². The lowest BCUT2D eigenvalue weighted by atomic mass is 9.93. The van der Waals surface area contributed by atoms with Crippen molar-refractivity contribution in [2.45, 2.75) is 32.7 Å². The van der Waals surface area contributed by atoms with Crippen LogP contribution in [0.25, 0.3) is 17.4 Å². The topological polar surface area (TPSA) is 109 Å². The van der Waals surface area contributed by atoms with Gasteiger partial charge in [-0.25, -0.2) is 14.6 Å². The second kappa shape index (κ2) is 13.3. The van der Waals surface area contributed by atoms with Crippen molar-refractivity contribution in [3.63, 3.8) is 0 Å². The molecule has 0 saturated heterocycles. The minimum absolute atomic E-state index is 0.150. The number of ether oxygens (including phenoxy) is 3. The molecule has 12 heteroatoms. The summed E-state index contributed by atoms with van der Waals surface area (Å²) in [5.41, 5.74) is 1.64. The van der Waals surface area contributed by atoms with Crippen LogP contribution < -0.4 is 19.6 Å². The lowest BCUT2D eigenvalue weighted by Gasteiger charge is -2.27. The highest BCUT2D eigenvalue weighted by atomic mass is 35.5. The van der Waals surface area contributed by atoms with E-state index in [4.69, 9.17) is 46.8 Å². The van der Waals surface area contributed by atoms with Crippen molar-refractivity contribution in [2.24, 2.45) is 4.99 Å². The van der Waals surface area contributed by atoms with Crippen LogP contribution in [0.2, 0.25) is 10.0 Å². The van der Waals surface area contributed by atoms with Crippen molar-refractivity contribution in [2.75, 3.05) is 20.8 Å². The Hall–Kier alpha value is -4.12. The molecule has 5 rings (SSSR count). The van der Waals surface area contributed by atoms with E-state index >= 15 is 0 Å². The Morgan fingerprint density at radius 3 is 2.50 bits per heavy atom. The Labute approximate surface area is 266 Å². The molecule has 0 N–H and O–H groups in total. The number of allylic oxidation sites excluding steroid dienone is 1. The Morgan fingerprint density at radius 1 is 1.05 bits per heavy atom. The summed E-state index contributed by atoms with van der Waals surface area (Å²) in [4.78, 5) is 45.1. The van der Waals surface area contributed by atoms with Crippen LogP contribution in [0.5, 0.6) is 5.75 Å². The number of furan rings is 1. The number of hydrogen-bond acceptors (Lipinski definition) is 9. The first kappa shape index (κ1) is 31.3. The molecule has 0 aliphatic carbocycles. The van der Waals surface area contributed by atoms with Gasteiger partial charge in [0.25, 0.3) is 5.56 Å². The first-order chi connectivity index (χ1) is 21.2. The van der Waals surface area contributed by atoms with Crippen LogP contribution in [-0.2, 0) is 14.3 Å². The fourth-order valence-corrected chi connectivity index (χ4v) is 6.40. The lowest BCUT2D eigenvalue weighted by Crippen LogP contribution is -2.40. The average Bonchev–Trinajstić information content (AvgIpc) is 3.60.